The number of carboxylic acid groups (broad SMARTS) is 1. The van der Waals surface area contributed by atoms with E-state index >= 15 is 0 Å². The Morgan fingerprint density at radius 1 is 0.781 bits per heavy atom. The Bertz CT molecular complexity index is 1220. The minimum Gasteiger partial charge on any atom is -0.478 e. The van der Waals surface area contributed by atoms with Gasteiger partial charge in [0.2, 0.25) is 0 Å². The van der Waals surface area contributed by atoms with E-state index in [0.29, 0.717) is 4.85 Å². The topological polar surface area (TPSA) is 138 Å². The molecule has 0 saturated carbocycles. The average molecular weight is 453 g/mol. The van der Waals surface area contributed by atoms with Crippen molar-refractivity contribution in [1.29, 1.82) is 0 Å². The second kappa shape index (κ2) is 8.63. The van der Waals surface area contributed by atoms with Crippen LogP contribution in [0.25, 0.3) is 0 Å². The van der Waals surface area contributed by atoms with Crippen molar-refractivity contribution in [2.24, 2.45) is 0 Å². The van der Waals surface area contributed by atoms with Gasteiger partial charge < -0.3 is 14.7 Å². The molecule has 0 atom stereocenters. The quantitative estimate of drug-likeness (QED) is 0.265. The number of aromatic nitrogens is 3. The molecule has 0 aliphatic heterocycles. The maximum atomic E-state index is 14.3. The lowest BCUT2D eigenvalue weighted by Gasteiger charge is -2.10. The molecular weight excluding hydrogens is 446 g/mol. The van der Waals surface area contributed by atoms with E-state index in [1.165, 1.54) is 0 Å². The van der Waals surface area contributed by atoms with Gasteiger partial charge in [-0.25, -0.2) is 41.7 Å². The summed E-state index contributed by atoms with van der Waals surface area (Å²) in [5, 5.41) is 12.1. The van der Waals surface area contributed by atoms with E-state index in [1.807, 2.05) is 0 Å². The van der Waals surface area contributed by atoms with Crippen molar-refractivity contribution in [3.8, 4) is 0 Å². The number of ether oxygens (including phenoxy) is 1. The number of halogens is 4. The monoisotopic (exact) mass is 453 g/mol. The molecule has 1 aromatic heterocycles. The summed E-state index contributed by atoms with van der Waals surface area (Å²) in [5.74, 6) is -16.1. The molecule has 2 aromatic carbocycles. The molecule has 0 unspecified atom stereocenters. The van der Waals surface area contributed by atoms with Crippen molar-refractivity contribution in [3.05, 3.63) is 82.4 Å². The van der Waals surface area contributed by atoms with Crippen LogP contribution in [0.2, 0.25) is 0 Å². The van der Waals surface area contributed by atoms with Crippen molar-refractivity contribution in [2.45, 2.75) is 0 Å². The molecule has 0 aliphatic rings. The first-order chi connectivity index (χ1) is 15.1. The minimum absolute atomic E-state index is 0.220. The molecule has 164 valence electrons. The average Bonchev–Trinajstić information content (AvgIpc) is 3.25. The van der Waals surface area contributed by atoms with Gasteiger partial charge in [-0.1, -0.05) is 4.85 Å². The summed E-state index contributed by atoms with van der Waals surface area (Å²) >= 11 is 0. The maximum absolute atomic E-state index is 14.3. The maximum Gasteiger partial charge on any atom is 0.371 e. The summed E-state index contributed by atoms with van der Waals surface area (Å²) < 4.78 is 61.3. The number of hydrogen-bond donors (Lipinski definition) is 1. The van der Waals surface area contributed by atoms with E-state index < -0.39 is 63.8 Å². The minimum atomic E-state index is -2.33. The molecule has 3 aromatic rings. The predicted molar refractivity (Wildman–Crippen MR) is 90.4 cm³/mol. The van der Waals surface area contributed by atoms with Gasteiger partial charge in [0.15, 0.2) is 29.6 Å². The Morgan fingerprint density at radius 2 is 1.28 bits per heavy atom. The van der Waals surface area contributed by atoms with Crippen LogP contribution in [-0.2, 0) is 4.74 Å². The number of hydrogen-bond acceptors (Lipinski definition) is 8. The Balaban J connectivity index is 1.89. The molecule has 0 aliphatic carbocycles. The normalized spacial score (nSPS) is 10.5. The van der Waals surface area contributed by atoms with Crippen molar-refractivity contribution in [3.63, 3.8) is 0 Å². The largest absolute Gasteiger partial charge is 0.478 e. The molecule has 1 heterocycles. The number of nitrogens with zero attached hydrogens (tertiary/aromatic N) is 3. The summed E-state index contributed by atoms with van der Waals surface area (Å²) in [6, 6.07) is 3.80. The van der Waals surface area contributed by atoms with Gasteiger partial charge in [0.05, 0.1) is 11.1 Å². The number of carbonyl (C=O) groups is 4. The standard InChI is InChI=1S/C18H7F4N3O7/c19-11-9(17(29)31-16(28)8-3-1-7(2-4-8)15(26)27)12(20)14(22)10(13(11)21)18(30)32-25-6-23-5-24-25/h1-6H,(H,26,27). The number of benzene rings is 2. The highest BCUT2D eigenvalue weighted by Crippen LogP contribution is 2.25. The second-order valence-electron chi connectivity index (χ2n) is 5.74. The molecular formula is C18H7F4N3O7. The third kappa shape index (κ3) is 4.14. The molecule has 0 spiro atoms. The number of rotatable bonds is 5. The summed E-state index contributed by atoms with van der Waals surface area (Å²) in [7, 11) is 0. The fourth-order valence-corrected chi connectivity index (χ4v) is 2.31. The van der Waals surface area contributed by atoms with Crippen LogP contribution < -0.4 is 4.84 Å². The number of carbonyl (C=O) groups excluding carboxylic acids is 3. The van der Waals surface area contributed by atoms with Crippen LogP contribution in [0.15, 0.2) is 36.9 Å². The van der Waals surface area contributed by atoms with Crippen molar-refractivity contribution >= 4 is 23.9 Å². The van der Waals surface area contributed by atoms with Gasteiger partial charge in [-0.05, 0) is 24.3 Å². The molecule has 10 nitrogen and oxygen atoms in total. The van der Waals surface area contributed by atoms with E-state index in [1.54, 1.807) is 0 Å². The van der Waals surface area contributed by atoms with Gasteiger partial charge in [0.25, 0.3) is 0 Å². The Morgan fingerprint density at radius 3 is 1.75 bits per heavy atom. The van der Waals surface area contributed by atoms with Crippen molar-refractivity contribution < 1.29 is 51.4 Å². The van der Waals surface area contributed by atoms with Crippen molar-refractivity contribution in [1.82, 2.24) is 14.9 Å². The highest BCUT2D eigenvalue weighted by Gasteiger charge is 2.35. The van der Waals surface area contributed by atoms with Gasteiger partial charge in [0.1, 0.15) is 17.5 Å². The molecule has 0 radical (unpaired) electrons. The molecule has 1 N–H and O–H groups in total. The Hall–Kier alpha value is -4.62. The Labute approximate surface area is 173 Å². The fourth-order valence-electron chi connectivity index (χ4n) is 2.31. The van der Waals surface area contributed by atoms with Gasteiger partial charge in [0, 0.05) is 0 Å². The highest BCUT2D eigenvalue weighted by atomic mass is 19.2. The van der Waals surface area contributed by atoms with Crippen LogP contribution in [-0.4, -0.2) is 43.9 Å². The Kier molecular flexibility index (Phi) is 5.95. The van der Waals surface area contributed by atoms with Crippen LogP contribution in [0.3, 0.4) is 0 Å². The van der Waals surface area contributed by atoms with Gasteiger partial charge >= 0.3 is 23.9 Å². The molecule has 3 rings (SSSR count). The highest BCUT2D eigenvalue weighted by molar-refractivity contribution is 6.03. The van der Waals surface area contributed by atoms with Crippen LogP contribution >= 0.6 is 0 Å². The predicted octanol–water partition coefficient (Wildman–Crippen LogP) is 1.80. The zero-order valence-corrected chi connectivity index (χ0v) is 15.2. The van der Waals surface area contributed by atoms with E-state index in [9.17, 15) is 36.7 Å². The first kappa shape index (κ1) is 22.1. The van der Waals surface area contributed by atoms with Gasteiger partial charge in [-0.3, -0.25) is 0 Å². The summed E-state index contributed by atoms with van der Waals surface area (Å²) in [5.41, 5.74) is -4.36. The zero-order chi connectivity index (χ0) is 23.6. The smallest absolute Gasteiger partial charge is 0.371 e. The van der Waals surface area contributed by atoms with Gasteiger partial charge in [-0.15, -0.1) is 5.10 Å². The lowest BCUT2D eigenvalue weighted by atomic mass is 10.1. The lowest BCUT2D eigenvalue weighted by Crippen LogP contribution is -2.25. The summed E-state index contributed by atoms with van der Waals surface area (Å²) in [6.07, 6.45) is 1.67. The van der Waals surface area contributed by atoms with E-state index in [-0.39, 0.29) is 5.56 Å². The third-order valence-electron chi connectivity index (χ3n) is 3.80. The summed E-state index contributed by atoms with van der Waals surface area (Å²) in [4.78, 5) is 54.6. The van der Waals surface area contributed by atoms with Crippen LogP contribution in [0, 0.1) is 23.3 Å². The molecule has 0 fully saturated rings. The van der Waals surface area contributed by atoms with Crippen LogP contribution in [0.1, 0.15) is 41.4 Å². The molecule has 0 bridgehead atoms. The van der Waals surface area contributed by atoms with E-state index in [4.69, 9.17) is 5.11 Å². The number of esters is 2. The van der Waals surface area contributed by atoms with Gasteiger partial charge in [-0.2, -0.15) is 0 Å². The number of carboxylic acids is 1. The third-order valence-corrected chi connectivity index (χ3v) is 3.80. The first-order valence-corrected chi connectivity index (χ1v) is 8.15. The molecule has 32 heavy (non-hydrogen) atoms. The van der Waals surface area contributed by atoms with Crippen LogP contribution in [0.5, 0.6) is 0 Å². The van der Waals surface area contributed by atoms with Crippen molar-refractivity contribution in [2.75, 3.05) is 0 Å². The zero-order valence-electron chi connectivity index (χ0n) is 15.2. The fraction of sp³-hybridized carbons (Fsp3) is 0. The lowest BCUT2D eigenvalue weighted by molar-refractivity contribution is 0.0359. The number of aromatic carboxylic acids is 1. The molecule has 0 amide bonds. The molecule has 14 heteroatoms. The SMILES string of the molecule is O=C(O)c1ccc(C(=O)OC(=O)c2c(F)c(F)c(C(=O)On3cncn3)c(F)c2F)cc1. The second-order valence-corrected chi connectivity index (χ2v) is 5.74. The van der Waals surface area contributed by atoms with E-state index in [2.05, 4.69) is 19.7 Å². The van der Waals surface area contributed by atoms with Crippen LogP contribution in [0.4, 0.5) is 17.6 Å². The van der Waals surface area contributed by atoms with E-state index in [0.717, 1.165) is 36.9 Å². The summed E-state index contributed by atoms with van der Waals surface area (Å²) in [6.45, 7) is 0. The molecule has 0 saturated heterocycles. The first-order valence-electron chi connectivity index (χ1n) is 8.15.